The minimum Gasteiger partial charge on any atom is -0.396 e. The van der Waals surface area contributed by atoms with Crippen LogP contribution in [-0.2, 0) is 5.41 Å². The molecule has 0 radical (unpaired) electrons. The van der Waals surface area contributed by atoms with Crippen molar-refractivity contribution in [3.05, 3.63) is 28.5 Å². The van der Waals surface area contributed by atoms with E-state index in [1.807, 2.05) is 0 Å². The van der Waals surface area contributed by atoms with Crippen molar-refractivity contribution < 1.29 is 4.39 Å². The average molecular weight is 211 g/mol. The summed E-state index contributed by atoms with van der Waals surface area (Å²) in [6.07, 6.45) is 1.49. The normalized spacial score (nSPS) is 17.5. The number of hydrogen-bond donors (Lipinski definition) is 1. The van der Waals surface area contributed by atoms with Crippen molar-refractivity contribution in [3.63, 3.8) is 0 Å². The van der Waals surface area contributed by atoms with E-state index in [-0.39, 0.29) is 5.69 Å². The van der Waals surface area contributed by atoms with Crippen LogP contribution in [0.25, 0.3) is 0 Å². The molecule has 2 N–H and O–H groups in total. The average Bonchev–Trinajstić information content (AvgIpc) is 2.92. The van der Waals surface area contributed by atoms with Crippen LogP contribution < -0.4 is 5.73 Å². The Labute approximate surface area is 86.1 Å². The Morgan fingerprint density at radius 3 is 2.64 bits per heavy atom. The molecule has 14 heavy (non-hydrogen) atoms. The topological polar surface area (TPSA) is 49.8 Å². The highest BCUT2D eigenvalue weighted by Crippen LogP contribution is 2.50. The van der Waals surface area contributed by atoms with Gasteiger partial charge < -0.3 is 5.73 Å². The highest BCUT2D eigenvalue weighted by atomic mass is 35.5. The van der Waals surface area contributed by atoms with Gasteiger partial charge in [-0.1, -0.05) is 11.6 Å². The molecule has 2 nitrogen and oxygen atoms in total. The molecule has 0 atom stereocenters. The van der Waals surface area contributed by atoms with Gasteiger partial charge in [-0.3, -0.25) is 0 Å². The number of nitrogens with zero attached hydrogens (tertiary/aromatic N) is 1. The molecule has 0 aromatic heterocycles. The van der Waals surface area contributed by atoms with Gasteiger partial charge in [0, 0.05) is 5.02 Å². The Morgan fingerprint density at radius 1 is 1.50 bits per heavy atom. The second kappa shape index (κ2) is 2.86. The maximum Gasteiger partial charge on any atom is 0.146 e. The zero-order valence-electron chi connectivity index (χ0n) is 7.35. The molecule has 2 rings (SSSR count). The van der Waals surface area contributed by atoms with Gasteiger partial charge in [0.15, 0.2) is 0 Å². The molecule has 0 heterocycles. The molecule has 4 heteroatoms. The standard InChI is InChI=1S/C10H8ClFN2/c11-7-4-9(14)8(12)3-6(7)10(5-13)1-2-10/h3-4H,1-2,14H2. The molecule has 1 aromatic rings. The van der Waals surface area contributed by atoms with Crippen molar-refractivity contribution in [2.45, 2.75) is 18.3 Å². The molecule has 72 valence electrons. The molecule has 1 aliphatic carbocycles. The van der Waals surface area contributed by atoms with Gasteiger partial charge in [0.1, 0.15) is 5.82 Å². The van der Waals surface area contributed by atoms with Crippen LogP contribution in [0.15, 0.2) is 12.1 Å². The van der Waals surface area contributed by atoms with E-state index in [0.717, 1.165) is 12.8 Å². The van der Waals surface area contributed by atoms with E-state index in [1.165, 1.54) is 12.1 Å². The van der Waals surface area contributed by atoms with Crippen LogP contribution in [0.4, 0.5) is 10.1 Å². The summed E-state index contributed by atoms with van der Waals surface area (Å²) in [6, 6.07) is 4.80. The quantitative estimate of drug-likeness (QED) is 0.725. The molecule has 1 aromatic carbocycles. The van der Waals surface area contributed by atoms with Crippen LogP contribution in [0.2, 0.25) is 5.02 Å². The lowest BCUT2D eigenvalue weighted by Gasteiger charge is -2.09. The van der Waals surface area contributed by atoms with E-state index in [2.05, 4.69) is 6.07 Å². The third-order valence-corrected chi connectivity index (χ3v) is 2.88. The van der Waals surface area contributed by atoms with E-state index in [1.54, 1.807) is 0 Å². The molecular formula is C10H8ClFN2. The minimum atomic E-state index is -0.564. The van der Waals surface area contributed by atoms with Crippen molar-refractivity contribution in [1.82, 2.24) is 0 Å². The lowest BCUT2D eigenvalue weighted by molar-refractivity contribution is 0.628. The molecule has 0 bridgehead atoms. The first-order chi connectivity index (χ1) is 6.59. The zero-order chi connectivity index (χ0) is 10.3. The summed E-state index contributed by atoms with van der Waals surface area (Å²) in [5, 5.41) is 9.31. The van der Waals surface area contributed by atoms with E-state index in [4.69, 9.17) is 22.6 Å². The number of halogens is 2. The number of anilines is 1. The number of hydrogen-bond acceptors (Lipinski definition) is 2. The third kappa shape index (κ3) is 1.23. The van der Waals surface area contributed by atoms with E-state index in [0.29, 0.717) is 10.6 Å². The molecule has 1 aliphatic rings. The summed E-state index contributed by atoms with van der Waals surface area (Å²) in [5.41, 5.74) is 5.37. The van der Waals surface area contributed by atoms with Gasteiger partial charge in [-0.25, -0.2) is 4.39 Å². The number of benzene rings is 1. The molecule has 0 aliphatic heterocycles. The van der Waals surface area contributed by atoms with Gasteiger partial charge in [0.2, 0.25) is 0 Å². The molecule has 0 unspecified atom stereocenters. The lowest BCUT2D eigenvalue weighted by Crippen LogP contribution is -2.05. The summed E-state index contributed by atoms with van der Waals surface area (Å²) >= 11 is 5.91. The zero-order valence-corrected chi connectivity index (χ0v) is 8.11. The number of nitrogen functional groups attached to an aromatic ring is 1. The molecule has 0 amide bonds. The summed E-state index contributed by atoms with van der Waals surface area (Å²) in [7, 11) is 0. The molecule has 1 fully saturated rings. The smallest absolute Gasteiger partial charge is 0.146 e. The second-order valence-electron chi connectivity index (χ2n) is 3.55. The molecule has 0 saturated heterocycles. The van der Waals surface area contributed by atoms with E-state index in [9.17, 15) is 4.39 Å². The molecular weight excluding hydrogens is 203 g/mol. The summed E-state index contributed by atoms with van der Waals surface area (Å²) < 4.78 is 13.2. The van der Waals surface area contributed by atoms with Crippen molar-refractivity contribution in [2.24, 2.45) is 0 Å². The highest BCUT2D eigenvalue weighted by Gasteiger charge is 2.46. The Morgan fingerprint density at radius 2 is 2.14 bits per heavy atom. The molecule has 1 saturated carbocycles. The van der Waals surface area contributed by atoms with Gasteiger partial charge in [-0.2, -0.15) is 5.26 Å². The minimum absolute atomic E-state index is 0.0208. The van der Waals surface area contributed by atoms with Gasteiger partial charge in [-0.05, 0) is 30.5 Å². The van der Waals surface area contributed by atoms with Crippen molar-refractivity contribution in [2.75, 3.05) is 5.73 Å². The Hall–Kier alpha value is -1.27. The predicted molar refractivity (Wildman–Crippen MR) is 52.3 cm³/mol. The van der Waals surface area contributed by atoms with Gasteiger partial charge in [0.05, 0.1) is 17.2 Å². The fourth-order valence-corrected chi connectivity index (χ4v) is 1.85. The van der Waals surface area contributed by atoms with Crippen LogP contribution in [0, 0.1) is 17.1 Å². The van der Waals surface area contributed by atoms with Crippen LogP contribution in [-0.4, -0.2) is 0 Å². The van der Waals surface area contributed by atoms with Crippen LogP contribution in [0.5, 0.6) is 0 Å². The lowest BCUT2D eigenvalue weighted by atomic mass is 9.97. The largest absolute Gasteiger partial charge is 0.396 e. The first-order valence-corrected chi connectivity index (χ1v) is 4.63. The van der Waals surface area contributed by atoms with Crippen molar-refractivity contribution >= 4 is 17.3 Å². The Kier molecular flexibility index (Phi) is 1.90. The Bertz CT molecular complexity index is 432. The monoisotopic (exact) mass is 210 g/mol. The third-order valence-electron chi connectivity index (χ3n) is 2.57. The van der Waals surface area contributed by atoms with E-state index >= 15 is 0 Å². The van der Waals surface area contributed by atoms with E-state index < -0.39 is 11.2 Å². The maximum atomic E-state index is 13.2. The summed E-state index contributed by atoms with van der Waals surface area (Å²) in [6.45, 7) is 0. The predicted octanol–water partition coefficient (Wildman–Crippen LogP) is 2.62. The fraction of sp³-hybridized carbons (Fsp3) is 0.300. The van der Waals surface area contributed by atoms with Crippen molar-refractivity contribution in [3.8, 4) is 6.07 Å². The highest BCUT2D eigenvalue weighted by molar-refractivity contribution is 6.31. The van der Waals surface area contributed by atoms with Crippen molar-refractivity contribution in [1.29, 1.82) is 5.26 Å². The van der Waals surface area contributed by atoms with Crippen LogP contribution in [0.1, 0.15) is 18.4 Å². The fourth-order valence-electron chi connectivity index (χ4n) is 1.50. The van der Waals surface area contributed by atoms with Gasteiger partial charge in [-0.15, -0.1) is 0 Å². The maximum absolute atomic E-state index is 13.2. The van der Waals surface area contributed by atoms with Gasteiger partial charge in [0.25, 0.3) is 0 Å². The summed E-state index contributed by atoms with van der Waals surface area (Å²) in [4.78, 5) is 0. The number of nitrogens with two attached hydrogens (primary N) is 1. The van der Waals surface area contributed by atoms with Crippen LogP contribution in [0.3, 0.4) is 0 Å². The second-order valence-corrected chi connectivity index (χ2v) is 3.95. The number of nitriles is 1. The van der Waals surface area contributed by atoms with Gasteiger partial charge >= 0.3 is 0 Å². The van der Waals surface area contributed by atoms with Crippen LogP contribution >= 0.6 is 11.6 Å². The molecule has 0 spiro atoms. The Balaban J connectivity index is 2.55. The SMILES string of the molecule is N#CC1(c2cc(F)c(N)cc2Cl)CC1. The number of rotatable bonds is 1. The first-order valence-electron chi connectivity index (χ1n) is 4.25. The first kappa shape index (κ1) is 9.29. The summed E-state index contributed by atoms with van der Waals surface area (Å²) in [5.74, 6) is -0.508.